The quantitative estimate of drug-likeness (QED) is 0.424. The Hall–Kier alpha value is -4.27. The van der Waals surface area contributed by atoms with Crippen LogP contribution in [-0.2, 0) is 4.79 Å². The van der Waals surface area contributed by atoms with E-state index in [9.17, 15) is 20.0 Å². The zero-order chi connectivity index (χ0) is 23.8. The van der Waals surface area contributed by atoms with E-state index in [1.807, 2.05) is 29.2 Å². The zero-order valence-corrected chi connectivity index (χ0v) is 18.3. The molecule has 34 heavy (non-hydrogen) atoms. The number of carbonyl (C=O) groups is 1. The average Bonchev–Trinajstić information content (AvgIpc) is 3.48. The van der Waals surface area contributed by atoms with Crippen molar-refractivity contribution in [3.05, 3.63) is 88.0 Å². The molecule has 2 heterocycles. The number of hydrogen-bond acceptors (Lipinski definition) is 7. The minimum atomic E-state index is -0.923. The smallest absolute Gasteiger partial charge is 0.309 e. The molecule has 0 amide bonds. The first-order valence-corrected chi connectivity index (χ1v) is 10.7. The highest BCUT2D eigenvalue weighted by atomic mass is 16.7. The van der Waals surface area contributed by atoms with Crippen molar-refractivity contribution >= 4 is 17.3 Å². The third-order valence-electron chi connectivity index (χ3n) is 6.46. The van der Waals surface area contributed by atoms with Gasteiger partial charge in [0.15, 0.2) is 11.5 Å². The molecule has 9 nitrogen and oxygen atoms in total. The van der Waals surface area contributed by atoms with Crippen molar-refractivity contribution in [3.63, 3.8) is 0 Å². The molecule has 3 aromatic rings. The Morgan fingerprint density at radius 3 is 2.35 bits per heavy atom. The molecule has 3 atom stereocenters. The van der Waals surface area contributed by atoms with Crippen LogP contribution in [0.3, 0.4) is 0 Å². The Balaban J connectivity index is 1.60. The highest BCUT2D eigenvalue weighted by Gasteiger charge is 2.47. The van der Waals surface area contributed by atoms with Gasteiger partial charge in [-0.05, 0) is 47.5 Å². The molecule has 1 fully saturated rings. The van der Waals surface area contributed by atoms with Crippen LogP contribution < -0.4 is 19.1 Å². The maximum atomic E-state index is 12.6. The number of fused-ring (bicyclic) bond motifs is 1. The summed E-state index contributed by atoms with van der Waals surface area (Å²) in [6, 6.07) is 18.5. The second-order valence-electron chi connectivity index (χ2n) is 8.23. The van der Waals surface area contributed by atoms with Crippen LogP contribution in [0, 0.1) is 16.0 Å². The van der Waals surface area contributed by atoms with Crippen molar-refractivity contribution in [1.29, 1.82) is 0 Å². The Kier molecular flexibility index (Phi) is 5.45. The number of carboxylic acid groups (broad SMARTS) is 1. The van der Waals surface area contributed by atoms with E-state index >= 15 is 0 Å². The van der Waals surface area contributed by atoms with Crippen LogP contribution in [0.15, 0.2) is 66.7 Å². The lowest BCUT2D eigenvalue weighted by atomic mass is 9.82. The van der Waals surface area contributed by atoms with Crippen molar-refractivity contribution in [1.82, 2.24) is 0 Å². The molecule has 0 aliphatic carbocycles. The minimum absolute atomic E-state index is 0.0222. The van der Waals surface area contributed by atoms with E-state index in [1.165, 1.54) is 12.1 Å². The number of nitro benzene ring substituents is 1. The first kappa shape index (κ1) is 21.6. The minimum Gasteiger partial charge on any atom is -0.497 e. The molecule has 3 unspecified atom stereocenters. The summed E-state index contributed by atoms with van der Waals surface area (Å²) < 4.78 is 16.2. The molecule has 2 aliphatic heterocycles. The predicted molar refractivity (Wildman–Crippen MR) is 123 cm³/mol. The number of hydrogen-bond donors (Lipinski definition) is 1. The largest absolute Gasteiger partial charge is 0.497 e. The van der Waals surface area contributed by atoms with Gasteiger partial charge in [0, 0.05) is 30.3 Å². The SMILES string of the molecule is COc1ccc(C2C(C(=O)O)C(c3ccc4c(c3)OCO4)CN2c2ccc([N+](=O)[O-])cc2)cc1. The molecule has 0 spiro atoms. The zero-order valence-electron chi connectivity index (χ0n) is 18.3. The Morgan fingerprint density at radius 1 is 1.03 bits per heavy atom. The van der Waals surface area contributed by atoms with E-state index < -0.39 is 22.9 Å². The highest BCUT2D eigenvalue weighted by Crippen LogP contribution is 2.49. The van der Waals surface area contributed by atoms with Gasteiger partial charge in [0.25, 0.3) is 5.69 Å². The molecular formula is C25H22N2O7. The fraction of sp³-hybridized carbons (Fsp3) is 0.240. The van der Waals surface area contributed by atoms with Gasteiger partial charge in [0.05, 0.1) is 24.0 Å². The Bertz CT molecular complexity index is 1230. The van der Waals surface area contributed by atoms with E-state index in [1.54, 1.807) is 37.4 Å². The number of ether oxygens (including phenoxy) is 3. The molecule has 1 saturated heterocycles. The number of benzene rings is 3. The second-order valence-corrected chi connectivity index (χ2v) is 8.23. The van der Waals surface area contributed by atoms with Gasteiger partial charge in [-0.1, -0.05) is 18.2 Å². The third kappa shape index (κ3) is 3.75. The van der Waals surface area contributed by atoms with Crippen molar-refractivity contribution in [3.8, 4) is 17.2 Å². The lowest BCUT2D eigenvalue weighted by Crippen LogP contribution is -2.28. The number of rotatable bonds is 6. The van der Waals surface area contributed by atoms with Gasteiger partial charge in [0.2, 0.25) is 6.79 Å². The molecular weight excluding hydrogens is 440 g/mol. The number of nitro groups is 1. The predicted octanol–water partition coefficient (Wildman–Crippen LogP) is 4.38. The van der Waals surface area contributed by atoms with E-state index in [0.717, 1.165) is 11.1 Å². The summed E-state index contributed by atoms with van der Waals surface area (Å²) in [4.78, 5) is 25.3. The number of aliphatic carboxylic acids is 1. The van der Waals surface area contributed by atoms with Crippen molar-refractivity contribution in [2.24, 2.45) is 5.92 Å². The molecule has 174 valence electrons. The number of non-ortho nitro benzene ring substituents is 1. The third-order valence-corrected chi connectivity index (χ3v) is 6.46. The maximum Gasteiger partial charge on any atom is 0.309 e. The number of anilines is 1. The van der Waals surface area contributed by atoms with Crippen LogP contribution in [0.5, 0.6) is 17.2 Å². The summed E-state index contributed by atoms with van der Waals surface area (Å²) in [5.41, 5.74) is 2.33. The van der Waals surface area contributed by atoms with Gasteiger partial charge in [-0.15, -0.1) is 0 Å². The normalized spacial score (nSPS) is 20.9. The van der Waals surface area contributed by atoms with Crippen LogP contribution in [0.2, 0.25) is 0 Å². The summed E-state index contributed by atoms with van der Waals surface area (Å²) in [5.74, 6) is -0.155. The van der Waals surface area contributed by atoms with Crippen molar-refractivity contribution in [2.45, 2.75) is 12.0 Å². The van der Waals surface area contributed by atoms with Gasteiger partial charge in [0.1, 0.15) is 5.75 Å². The van der Waals surface area contributed by atoms with Gasteiger partial charge >= 0.3 is 5.97 Å². The second kappa shape index (κ2) is 8.58. The van der Waals surface area contributed by atoms with Crippen LogP contribution in [-0.4, -0.2) is 36.4 Å². The molecule has 5 rings (SSSR count). The van der Waals surface area contributed by atoms with Crippen LogP contribution in [0.25, 0.3) is 0 Å². The van der Waals surface area contributed by atoms with Crippen LogP contribution >= 0.6 is 0 Å². The molecule has 1 N–H and O–H groups in total. The number of carboxylic acids is 1. The number of nitrogens with zero attached hydrogens (tertiary/aromatic N) is 2. The molecule has 2 aliphatic rings. The van der Waals surface area contributed by atoms with Gasteiger partial charge in [-0.2, -0.15) is 0 Å². The molecule has 0 bridgehead atoms. The first-order valence-electron chi connectivity index (χ1n) is 10.7. The maximum absolute atomic E-state index is 12.6. The van der Waals surface area contributed by atoms with Crippen LogP contribution in [0.1, 0.15) is 23.1 Å². The van der Waals surface area contributed by atoms with Crippen LogP contribution in [0.4, 0.5) is 11.4 Å². The molecule has 9 heteroatoms. The van der Waals surface area contributed by atoms with E-state index in [4.69, 9.17) is 14.2 Å². The van der Waals surface area contributed by atoms with Crippen molar-refractivity contribution in [2.75, 3.05) is 25.3 Å². The molecule has 0 radical (unpaired) electrons. The molecule has 3 aromatic carbocycles. The molecule has 0 aromatic heterocycles. The van der Waals surface area contributed by atoms with Gasteiger partial charge in [-0.25, -0.2) is 0 Å². The van der Waals surface area contributed by atoms with Gasteiger partial charge < -0.3 is 24.2 Å². The summed E-state index contributed by atoms with van der Waals surface area (Å²) >= 11 is 0. The van der Waals surface area contributed by atoms with E-state index in [2.05, 4.69) is 0 Å². The molecule has 0 saturated carbocycles. The highest BCUT2D eigenvalue weighted by molar-refractivity contribution is 5.76. The summed E-state index contributed by atoms with van der Waals surface area (Å²) in [5, 5.41) is 21.5. The lowest BCUT2D eigenvalue weighted by molar-refractivity contribution is -0.384. The summed E-state index contributed by atoms with van der Waals surface area (Å²) in [6.07, 6.45) is 0. The van der Waals surface area contributed by atoms with E-state index in [-0.39, 0.29) is 18.4 Å². The lowest BCUT2D eigenvalue weighted by Gasteiger charge is -2.29. The number of methoxy groups -OCH3 is 1. The topological polar surface area (TPSA) is 111 Å². The summed E-state index contributed by atoms with van der Waals surface area (Å²) in [7, 11) is 1.57. The monoisotopic (exact) mass is 462 g/mol. The summed E-state index contributed by atoms with van der Waals surface area (Å²) in [6.45, 7) is 0.542. The van der Waals surface area contributed by atoms with Gasteiger partial charge in [-0.3, -0.25) is 14.9 Å². The first-order chi connectivity index (χ1) is 16.5. The standard InChI is InChI=1S/C25H22N2O7/c1-32-19-9-2-15(3-10-19)24-23(25(28)29)20(16-4-11-21-22(12-16)34-14-33-21)13-26(24)17-5-7-18(8-6-17)27(30)31/h2-12,20,23-24H,13-14H2,1H3,(H,28,29). The van der Waals surface area contributed by atoms with E-state index in [0.29, 0.717) is 29.5 Å². The average molecular weight is 462 g/mol. The Morgan fingerprint density at radius 2 is 1.71 bits per heavy atom. The Labute approximate surface area is 195 Å². The fourth-order valence-corrected chi connectivity index (χ4v) is 4.84. The van der Waals surface area contributed by atoms with Crippen molar-refractivity contribution < 1.29 is 29.0 Å². The fourth-order valence-electron chi connectivity index (χ4n) is 4.84.